The Bertz CT molecular complexity index is 465. The minimum atomic E-state index is 0.322. The molecule has 0 aliphatic carbocycles. The van der Waals surface area contributed by atoms with Crippen molar-refractivity contribution < 1.29 is 0 Å². The van der Waals surface area contributed by atoms with Crippen LogP contribution in [-0.4, -0.2) is 23.1 Å². The molecule has 0 spiro atoms. The van der Waals surface area contributed by atoms with Crippen LogP contribution in [0.15, 0.2) is 10.8 Å². The second kappa shape index (κ2) is 4.33. The van der Waals surface area contributed by atoms with Crippen LogP contribution in [0.25, 0.3) is 10.9 Å². The SMILES string of the molecule is CCN(CC)c1nc(Cl)nc2cscc12. The van der Waals surface area contributed by atoms with Crippen molar-refractivity contribution in [3.63, 3.8) is 0 Å². The lowest BCUT2D eigenvalue weighted by Gasteiger charge is -2.20. The maximum Gasteiger partial charge on any atom is 0.224 e. The predicted octanol–water partition coefficient (Wildman–Crippen LogP) is 3.19. The van der Waals surface area contributed by atoms with Gasteiger partial charge in [-0.1, -0.05) is 0 Å². The zero-order valence-electron chi connectivity index (χ0n) is 8.70. The summed E-state index contributed by atoms with van der Waals surface area (Å²) in [6.07, 6.45) is 0. The summed E-state index contributed by atoms with van der Waals surface area (Å²) in [6, 6.07) is 0. The average Bonchev–Trinajstić information content (AvgIpc) is 2.67. The van der Waals surface area contributed by atoms with Gasteiger partial charge in [0.25, 0.3) is 0 Å². The van der Waals surface area contributed by atoms with Crippen molar-refractivity contribution in [3.05, 3.63) is 16.0 Å². The molecule has 0 radical (unpaired) electrons. The minimum absolute atomic E-state index is 0.322. The smallest absolute Gasteiger partial charge is 0.224 e. The Morgan fingerprint density at radius 1 is 1.27 bits per heavy atom. The summed E-state index contributed by atoms with van der Waals surface area (Å²) in [4.78, 5) is 10.7. The second-order valence-electron chi connectivity index (χ2n) is 3.16. The maximum atomic E-state index is 5.89. The van der Waals surface area contributed by atoms with Crippen LogP contribution < -0.4 is 4.90 Å². The van der Waals surface area contributed by atoms with E-state index in [1.165, 1.54) is 0 Å². The quantitative estimate of drug-likeness (QED) is 0.773. The number of rotatable bonds is 3. The molecule has 0 N–H and O–H groups in total. The molecule has 0 atom stereocenters. The van der Waals surface area contributed by atoms with Crippen molar-refractivity contribution in [2.24, 2.45) is 0 Å². The van der Waals surface area contributed by atoms with Gasteiger partial charge < -0.3 is 4.90 Å². The van der Waals surface area contributed by atoms with Gasteiger partial charge in [-0.05, 0) is 25.4 Å². The third-order valence-corrected chi connectivity index (χ3v) is 3.26. The van der Waals surface area contributed by atoms with E-state index in [2.05, 4.69) is 34.1 Å². The first-order valence-electron chi connectivity index (χ1n) is 4.90. The Labute approximate surface area is 97.7 Å². The van der Waals surface area contributed by atoms with Crippen molar-refractivity contribution in [2.45, 2.75) is 13.8 Å². The maximum absolute atomic E-state index is 5.89. The first-order valence-corrected chi connectivity index (χ1v) is 6.22. The Balaban J connectivity index is 2.61. The van der Waals surface area contributed by atoms with E-state index in [1.54, 1.807) is 11.3 Å². The van der Waals surface area contributed by atoms with E-state index < -0.39 is 0 Å². The van der Waals surface area contributed by atoms with E-state index in [9.17, 15) is 0 Å². The number of hydrogen-bond acceptors (Lipinski definition) is 4. The molecule has 0 aliphatic rings. The summed E-state index contributed by atoms with van der Waals surface area (Å²) in [7, 11) is 0. The van der Waals surface area contributed by atoms with E-state index in [-0.39, 0.29) is 0 Å². The molecule has 0 amide bonds. The molecule has 2 aromatic heterocycles. The summed E-state index contributed by atoms with van der Waals surface area (Å²) in [6.45, 7) is 6.07. The van der Waals surface area contributed by atoms with E-state index in [0.717, 1.165) is 29.8 Å². The van der Waals surface area contributed by atoms with Crippen LogP contribution in [-0.2, 0) is 0 Å². The van der Waals surface area contributed by atoms with Gasteiger partial charge >= 0.3 is 0 Å². The molecule has 2 rings (SSSR count). The highest BCUT2D eigenvalue weighted by Crippen LogP contribution is 2.27. The highest BCUT2D eigenvalue weighted by atomic mass is 35.5. The van der Waals surface area contributed by atoms with E-state index in [4.69, 9.17) is 11.6 Å². The molecule has 2 heterocycles. The zero-order chi connectivity index (χ0) is 10.8. The van der Waals surface area contributed by atoms with Gasteiger partial charge in [0.15, 0.2) is 0 Å². The van der Waals surface area contributed by atoms with Crippen molar-refractivity contribution in [2.75, 3.05) is 18.0 Å². The van der Waals surface area contributed by atoms with E-state index in [1.807, 2.05) is 5.38 Å². The van der Waals surface area contributed by atoms with Crippen LogP contribution in [0.2, 0.25) is 5.28 Å². The van der Waals surface area contributed by atoms with Crippen LogP contribution in [0.5, 0.6) is 0 Å². The number of anilines is 1. The van der Waals surface area contributed by atoms with Crippen molar-refractivity contribution in [3.8, 4) is 0 Å². The highest BCUT2D eigenvalue weighted by molar-refractivity contribution is 7.09. The van der Waals surface area contributed by atoms with Crippen LogP contribution in [0.4, 0.5) is 5.82 Å². The van der Waals surface area contributed by atoms with E-state index >= 15 is 0 Å². The van der Waals surface area contributed by atoms with Crippen molar-refractivity contribution in [1.82, 2.24) is 9.97 Å². The lowest BCUT2D eigenvalue weighted by Crippen LogP contribution is -2.23. The lowest BCUT2D eigenvalue weighted by atomic mass is 10.3. The fourth-order valence-corrected chi connectivity index (χ4v) is 2.49. The number of fused-ring (bicyclic) bond motifs is 1. The minimum Gasteiger partial charge on any atom is -0.356 e. The molecule has 2 aromatic rings. The largest absolute Gasteiger partial charge is 0.356 e. The van der Waals surface area contributed by atoms with Gasteiger partial charge in [-0.2, -0.15) is 4.98 Å². The molecule has 3 nitrogen and oxygen atoms in total. The molecule has 0 bridgehead atoms. The molecule has 5 heteroatoms. The van der Waals surface area contributed by atoms with Gasteiger partial charge in [0.05, 0.1) is 10.9 Å². The fourth-order valence-electron chi connectivity index (χ4n) is 1.58. The zero-order valence-corrected chi connectivity index (χ0v) is 10.3. The van der Waals surface area contributed by atoms with Crippen LogP contribution in [0.1, 0.15) is 13.8 Å². The molecular weight excluding hydrogens is 230 g/mol. The Morgan fingerprint density at radius 3 is 2.67 bits per heavy atom. The predicted molar refractivity (Wildman–Crippen MR) is 66.0 cm³/mol. The van der Waals surface area contributed by atoms with Crippen molar-refractivity contribution in [1.29, 1.82) is 0 Å². The fraction of sp³-hybridized carbons (Fsp3) is 0.400. The molecular formula is C10H12ClN3S. The summed E-state index contributed by atoms with van der Waals surface area (Å²) in [5.41, 5.74) is 0.932. The third-order valence-electron chi connectivity index (χ3n) is 2.36. The number of hydrogen-bond donors (Lipinski definition) is 0. The topological polar surface area (TPSA) is 29.0 Å². The van der Waals surface area contributed by atoms with Crippen LogP contribution in [0, 0.1) is 0 Å². The molecule has 0 unspecified atom stereocenters. The first kappa shape index (κ1) is 10.6. The van der Waals surface area contributed by atoms with Gasteiger partial charge in [0.1, 0.15) is 5.82 Å². The summed E-state index contributed by atoms with van der Waals surface area (Å²) in [5.74, 6) is 0.941. The summed E-state index contributed by atoms with van der Waals surface area (Å²) in [5, 5.41) is 5.48. The van der Waals surface area contributed by atoms with Crippen molar-refractivity contribution >= 4 is 39.7 Å². The van der Waals surface area contributed by atoms with Gasteiger partial charge in [-0.25, -0.2) is 4.98 Å². The summed E-state index contributed by atoms with van der Waals surface area (Å²) < 4.78 is 0. The van der Waals surface area contributed by atoms with E-state index in [0.29, 0.717) is 5.28 Å². The van der Waals surface area contributed by atoms with Gasteiger partial charge in [-0.15, -0.1) is 11.3 Å². The lowest BCUT2D eigenvalue weighted by molar-refractivity contribution is 0.849. The molecule has 15 heavy (non-hydrogen) atoms. The molecule has 0 saturated heterocycles. The first-order chi connectivity index (χ1) is 7.26. The Hall–Kier alpha value is -0.870. The highest BCUT2D eigenvalue weighted by Gasteiger charge is 2.11. The summed E-state index contributed by atoms with van der Waals surface area (Å²) >= 11 is 7.52. The number of nitrogens with zero attached hydrogens (tertiary/aromatic N) is 3. The van der Waals surface area contributed by atoms with Crippen LogP contribution in [0.3, 0.4) is 0 Å². The molecule has 0 fully saturated rings. The third kappa shape index (κ3) is 1.92. The molecule has 0 aliphatic heterocycles. The standard InChI is InChI=1S/C10H12ClN3S/c1-3-14(4-2)9-7-5-15-6-8(7)12-10(11)13-9/h5-6H,3-4H2,1-2H3. The average molecular weight is 242 g/mol. The van der Waals surface area contributed by atoms with Gasteiger partial charge in [0.2, 0.25) is 5.28 Å². The monoisotopic (exact) mass is 241 g/mol. The molecule has 0 aromatic carbocycles. The molecule has 0 saturated carbocycles. The van der Waals surface area contributed by atoms with Gasteiger partial charge in [-0.3, -0.25) is 0 Å². The van der Waals surface area contributed by atoms with Crippen LogP contribution >= 0.6 is 22.9 Å². The Morgan fingerprint density at radius 2 is 2.00 bits per heavy atom. The normalized spacial score (nSPS) is 10.9. The second-order valence-corrected chi connectivity index (χ2v) is 4.24. The number of aromatic nitrogens is 2. The van der Waals surface area contributed by atoms with Gasteiger partial charge in [0, 0.05) is 23.8 Å². The number of thiophene rings is 1. The Kier molecular flexibility index (Phi) is 3.07. The number of halogens is 1. The molecule has 80 valence electrons.